The van der Waals surface area contributed by atoms with Crippen LogP contribution in [0.2, 0.25) is 0 Å². The first-order valence-electron chi connectivity index (χ1n) is 6.57. The minimum Gasteiger partial charge on any atom is -0.492 e. The van der Waals surface area contributed by atoms with Crippen LogP contribution in [0.5, 0.6) is 11.5 Å². The Bertz CT molecular complexity index is 373. The Morgan fingerprint density at radius 2 is 1.89 bits per heavy atom. The molecule has 1 aliphatic heterocycles. The van der Waals surface area contributed by atoms with Gasteiger partial charge >= 0.3 is 0 Å². The average Bonchev–Trinajstić information content (AvgIpc) is 2.90. The van der Waals surface area contributed by atoms with Crippen molar-refractivity contribution in [3.05, 3.63) is 36.9 Å². The van der Waals surface area contributed by atoms with Gasteiger partial charge in [-0.1, -0.05) is 18.7 Å². The van der Waals surface area contributed by atoms with E-state index in [1.807, 2.05) is 24.3 Å². The van der Waals surface area contributed by atoms with Gasteiger partial charge in [-0.15, -0.1) is 0 Å². The molecule has 0 N–H and O–H groups in total. The highest BCUT2D eigenvalue weighted by Crippen LogP contribution is 2.19. The van der Waals surface area contributed by atoms with Crippen molar-refractivity contribution in [1.82, 2.24) is 4.90 Å². The predicted molar refractivity (Wildman–Crippen MR) is 73.3 cm³/mol. The Labute approximate surface area is 109 Å². The highest BCUT2D eigenvalue weighted by atomic mass is 16.5. The van der Waals surface area contributed by atoms with Crippen LogP contribution in [0, 0.1) is 0 Å². The van der Waals surface area contributed by atoms with E-state index in [9.17, 15) is 0 Å². The summed E-state index contributed by atoms with van der Waals surface area (Å²) in [5, 5.41) is 0. The van der Waals surface area contributed by atoms with Gasteiger partial charge in [0.15, 0.2) is 0 Å². The van der Waals surface area contributed by atoms with Crippen LogP contribution in [-0.2, 0) is 0 Å². The van der Waals surface area contributed by atoms with Crippen molar-refractivity contribution in [2.45, 2.75) is 12.8 Å². The first kappa shape index (κ1) is 13.0. The van der Waals surface area contributed by atoms with Crippen molar-refractivity contribution in [2.24, 2.45) is 0 Å². The van der Waals surface area contributed by atoms with E-state index in [1.54, 1.807) is 6.08 Å². The molecule has 98 valence electrons. The Kier molecular flexibility index (Phi) is 5.09. The largest absolute Gasteiger partial charge is 0.492 e. The zero-order chi connectivity index (χ0) is 12.6. The predicted octanol–water partition coefficient (Wildman–Crippen LogP) is 2.73. The van der Waals surface area contributed by atoms with Gasteiger partial charge in [0.25, 0.3) is 0 Å². The molecule has 3 heteroatoms. The van der Waals surface area contributed by atoms with E-state index in [2.05, 4.69) is 11.5 Å². The lowest BCUT2D eigenvalue weighted by atomic mass is 10.3. The van der Waals surface area contributed by atoms with Gasteiger partial charge < -0.3 is 9.47 Å². The van der Waals surface area contributed by atoms with Gasteiger partial charge in [-0.05, 0) is 38.1 Å². The van der Waals surface area contributed by atoms with Crippen molar-refractivity contribution < 1.29 is 9.47 Å². The summed E-state index contributed by atoms with van der Waals surface area (Å²) in [6.07, 6.45) is 4.39. The number of likely N-dealkylation sites (tertiary alicyclic amines) is 1. The summed E-state index contributed by atoms with van der Waals surface area (Å²) in [6.45, 7) is 8.34. The van der Waals surface area contributed by atoms with Gasteiger partial charge in [-0.2, -0.15) is 0 Å². The first-order chi connectivity index (χ1) is 8.88. The van der Waals surface area contributed by atoms with E-state index in [1.165, 1.54) is 25.9 Å². The van der Waals surface area contributed by atoms with Crippen molar-refractivity contribution in [3.8, 4) is 11.5 Å². The number of ether oxygens (including phenoxy) is 2. The Hall–Kier alpha value is -1.48. The second-order valence-electron chi connectivity index (χ2n) is 4.47. The van der Waals surface area contributed by atoms with E-state index in [-0.39, 0.29) is 0 Å². The van der Waals surface area contributed by atoms with Crippen LogP contribution in [0.1, 0.15) is 12.8 Å². The average molecular weight is 247 g/mol. The molecule has 1 aromatic carbocycles. The monoisotopic (exact) mass is 247 g/mol. The molecule has 0 amide bonds. The fourth-order valence-corrected chi connectivity index (χ4v) is 2.11. The highest BCUT2D eigenvalue weighted by molar-refractivity contribution is 5.33. The molecule has 0 atom stereocenters. The van der Waals surface area contributed by atoms with Crippen LogP contribution in [0.3, 0.4) is 0 Å². The zero-order valence-electron chi connectivity index (χ0n) is 10.8. The molecule has 1 fully saturated rings. The van der Waals surface area contributed by atoms with E-state index < -0.39 is 0 Å². The summed E-state index contributed by atoms with van der Waals surface area (Å²) in [5.41, 5.74) is 0. The Morgan fingerprint density at radius 3 is 2.61 bits per heavy atom. The number of rotatable bonds is 7. The van der Waals surface area contributed by atoms with Crippen LogP contribution in [0.25, 0.3) is 0 Å². The maximum absolute atomic E-state index is 5.74. The lowest BCUT2D eigenvalue weighted by molar-refractivity contribution is 0.237. The van der Waals surface area contributed by atoms with Crippen molar-refractivity contribution in [3.63, 3.8) is 0 Å². The molecule has 1 heterocycles. The van der Waals surface area contributed by atoms with Gasteiger partial charge in [0.2, 0.25) is 0 Å². The zero-order valence-corrected chi connectivity index (χ0v) is 10.8. The van der Waals surface area contributed by atoms with Gasteiger partial charge in [-0.25, -0.2) is 0 Å². The van der Waals surface area contributed by atoms with E-state index in [0.29, 0.717) is 6.61 Å². The molecule has 0 aliphatic carbocycles. The van der Waals surface area contributed by atoms with Gasteiger partial charge in [0, 0.05) is 12.6 Å². The lowest BCUT2D eigenvalue weighted by Gasteiger charge is -2.15. The molecule has 1 aliphatic rings. The minimum atomic E-state index is 0.525. The molecule has 1 saturated heterocycles. The summed E-state index contributed by atoms with van der Waals surface area (Å²) in [4.78, 5) is 2.44. The molecule has 2 rings (SSSR count). The van der Waals surface area contributed by atoms with Crippen LogP contribution in [-0.4, -0.2) is 37.7 Å². The van der Waals surface area contributed by atoms with Gasteiger partial charge in [0.05, 0.1) is 0 Å². The molecule has 0 spiro atoms. The van der Waals surface area contributed by atoms with Crippen molar-refractivity contribution in [2.75, 3.05) is 32.8 Å². The molecule has 0 unspecified atom stereocenters. The fraction of sp³-hybridized carbons (Fsp3) is 0.467. The molecule has 0 bridgehead atoms. The van der Waals surface area contributed by atoms with E-state index in [4.69, 9.17) is 9.47 Å². The third kappa shape index (κ3) is 4.08. The SMILES string of the molecule is C=CCOc1cccc(OCCN2CCCC2)c1. The molecule has 0 saturated carbocycles. The highest BCUT2D eigenvalue weighted by Gasteiger charge is 2.10. The molecule has 0 radical (unpaired) electrons. The number of hydrogen-bond acceptors (Lipinski definition) is 3. The summed E-state index contributed by atoms with van der Waals surface area (Å²) in [6, 6.07) is 7.76. The molecular formula is C15H21NO2. The van der Waals surface area contributed by atoms with E-state index >= 15 is 0 Å². The number of benzene rings is 1. The number of nitrogens with zero attached hydrogens (tertiary/aromatic N) is 1. The van der Waals surface area contributed by atoms with Crippen molar-refractivity contribution >= 4 is 0 Å². The third-order valence-electron chi connectivity index (χ3n) is 3.05. The van der Waals surface area contributed by atoms with Crippen LogP contribution < -0.4 is 9.47 Å². The normalized spacial score (nSPS) is 15.6. The molecule has 18 heavy (non-hydrogen) atoms. The summed E-state index contributed by atoms with van der Waals surface area (Å²) in [5.74, 6) is 1.70. The fourth-order valence-electron chi connectivity index (χ4n) is 2.11. The second-order valence-corrected chi connectivity index (χ2v) is 4.47. The van der Waals surface area contributed by atoms with Crippen LogP contribution in [0.15, 0.2) is 36.9 Å². The third-order valence-corrected chi connectivity index (χ3v) is 3.05. The Balaban J connectivity index is 1.75. The summed E-state index contributed by atoms with van der Waals surface area (Å²) < 4.78 is 11.2. The maximum Gasteiger partial charge on any atom is 0.123 e. The van der Waals surface area contributed by atoms with Crippen LogP contribution in [0.4, 0.5) is 0 Å². The number of hydrogen-bond donors (Lipinski definition) is 0. The summed E-state index contributed by atoms with van der Waals surface area (Å²) >= 11 is 0. The Morgan fingerprint density at radius 1 is 1.17 bits per heavy atom. The quantitative estimate of drug-likeness (QED) is 0.692. The second kappa shape index (κ2) is 7.07. The van der Waals surface area contributed by atoms with Gasteiger partial charge in [0.1, 0.15) is 24.7 Å². The lowest BCUT2D eigenvalue weighted by Crippen LogP contribution is -2.25. The summed E-state index contributed by atoms with van der Waals surface area (Å²) in [7, 11) is 0. The van der Waals surface area contributed by atoms with E-state index in [0.717, 1.165) is 24.7 Å². The topological polar surface area (TPSA) is 21.7 Å². The minimum absolute atomic E-state index is 0.525. The standard InChI is InChI=1S/C15H21NO2/c1-2-11-17-14-6-5-7-15(13-14)18-12-10-16-8-3-4-9-16/h2,5-7,13H,1,3-4,8-12H2. The van der Waals surface area contributed by atoms with Crippen molar-refractivity contribution in [1.29, 1.82) is 0 Å². The maximum atomic E-state index is 5.74. The molecule has 0 aromatic heterocycles. The first-order valence-corrected chi connectivity index (χ1v) is 6.57. The molecule has 3 nitrogen and oxygen atoms in total. The van der Waals surface area contributed by atoms with Gasteiger partial charge in [-0.3, -0.25) is 4.90 Å². The van der Waals surface area contributed by atoms with Crippen LogP contribution >= 0.6 is 0 Å². The smallest absolute Gasteiger partial charge is 0.123 e. The molecular weight excluding hydrogens is 226 g/mol. The molecule has 1 aromatic rings.